The zero-order chi connectivity index (χ0) is 15.7. The van der Waals surface area contributed by atoms with Crippen LogP contribution in [-0.4, -0.2) is 73.4 Å². The lowest BCUT2D eigenvalue weighted by molar-refractivity contribution is -0.133. The summed E-state index contributed by atoms with van der Waals surface area (Å²) >= 11 is 0. The Bertz CT molecular complexity index is 332. The van der Waals surface area contributed by atoms with E-state index < -0.39 is 0 Å². The van der Waals surface area contributed by atoms with Crippen molar-refractivity contribution < 1.29 is 9.59 Å². The molecule has 0 unspecified atom stereocenters. The molecule has 0 aromatic rings. The molecule has 1 aliphatic rings. The van der Waals surface area contributed by atoms with Crippen LogP contribution in [0.15, 0.2) is 0 Å². The van der Waals surface area contributed by atoms with E-state index in [9.17, 15) is 9.59 Å². The molecule has 0 bridgehead atoms. The Balaban J connectivity index is 2.03. The summed E-state index contributed by atoms with van der Waals surface area (Å²) < 4.78 is 0. The summed E-state index contributed by atoms with van der Waals surface area (Å²) in [6, 6.07) is 0. The Morgan fingerprint density at radius 1 is 1.19 bits per heavy atom. The van der Waals surface area contributed by atoms with Gasteiger partial charge in [-0.25, -0.2) is 0 Å². The number of hydrogen-bond acceptors (Lipinski definition) is 5. The molecule has 1 fully saturated rings. The van der Waals surface area contributed by atoms with Gasteiger partial charge in [0.1, 0.15) is 0 Å². The Kier molecular flexibility index (Phi) is 9.19. The number of likely N-dealkylation sites (tertiary alicyclic amines) is 1. The average Bonchev–Trinajstić information content (AvgIpc) is 2.45. The fourth-order valence-corrected chi connectivity index (χ4v) is 4.20. The third kappa shape index (κ3) is 7.97. The Hall–Kier alpha value is -0.400. The van der Waals surface area contributed by atoms with Crippen LogP contribution in [0.4, 0.5) is 0 Å². The molecule has 1 saturated heterocycles. The van der Waals surface area contributed by atoms with Crippen molar-refractivity contribution >= 4 is 33.4 Å². The maximum Gasteiger partial charge on any atom is 0.223 e. The first-order valence-electron chi connectivity index (χ1n) is 7.43. The topological polar surface area (TPSA) is 52.7 Å². The van der Waals surface area contributed by atoms with Crippen LogP contribution < -0.4 is 5.32 Å². The van der Waals surface area contributed by atoms with E-state index in [0.717, 1.165) is 37.4 Å². The number of carbonyl (C=O) groups is 2. The largest absolute Gasteiger partial charge is 0.355 e. The second-order valence-electron chi connectivity index (χ2n) is 5.52. The number of amides is 2. The minimum atomic E-state index is 0.0759. The summed E-state index contributed by atoms with van der Waals surface area (Å²) in [4.78, 5) is 27.2. The molecule has 5 nitrogen and oxygen atoms in total. The van der Waals surface area contributed by atoms with Gasteiger partial charge in [-0.15, -0.1) is 0 Å². The minimum Gasteiger partial charge on any atom is -0.355 e. The third-order valence-electron chi connectivity index (χ3n) is 3.50. The van der Waals surface area contributed by atoms with Gasteiger partial charge in [-0.3, -0.25) is 9.59 Å². The Labute approximate surface area is 136 Å². The van der Waals surface area contributed by atoms with E-state index in [4.69, 9.17) is 0 Å². The van der Waals surface area contributed by atoms with Gasteiger partial charge in [-0.1, -0.05) is 21.6 Å². The second-order valence-corrected chi connectivity index (χ2v) is 8.22. The van der Waals surface area contributed by atoms with E-state index in [-0.39, 0.29) is 17.7 Å². The SMILES string of the molecule is CC(=O)N1CCC(C(=O)NCCSSCCN(C)C)CC1. The predicted octanol–water partition coefficient (Wildman–Crippen LogP) is 1.30. The smallest absolute Gasteiger partial charge is 0.223 e. The fourth-order valence-electron chi connectivity index (χ4n) is 2.15. The normalized spacial score (nSPS) is 16.3. The highest BCUT2D eigenvalue weighted by molar-refractivity contribution is 8.76. The standard InChI is InChI=1S/C14H27N3O2S2/c1-12(18)17-7-4-13(5-8-17)14(19)15-6-10-20-21-11-9-16(2)3/h13H,4-11H2,1-3H3,(H,15,19). The number of rotatable bonds is 8. The van der Waals surface area contributed by atoms with E-state index in [1.54, 1.807) is 6.92 Å². The molecule has 0 atom stereocenters. The number of nitrogens with one attached hydrogen (secondary N) is 1. The van der Waals surface area contributed by atoms with Crippen molar-refractivity contribution in [2.75, 3.05) is 51.8 Å². The van der Waals surface area contributed by atoms with Crippen LogP contribution in [0.2, 0.25) is 0 Å². The van der Waals surface area contributed by atoms with E-state index >= 15 is 0 Å². The molecule has 7 heteroatoms. The molecule has 2 amide bonds. The Morgan fingerprint density at radius 2 is 1.81 bits per heavy atom. The lowest BCUT2D eigenvalue weighted by Gasteiger charge is -2.30. The molecular formula is C14H27N3O2S2. The highest BCUT2D eigenvalue weighted by Crippen LogP contribution is 2.20. The van der Waals surface area contributed by atoms with Crippen LogP contribution in [0.25, 0.3) is 0 Å². The van der Waals surface area contributed by atoms with Gasteiger partial charge in [0.05, 0.1) is 0 Å². The van der Waals surface area contributed by atoms with Gasteiger partial charge in [-0.2, -0.15) is 0 Å². The van der Waals surface area contributed by atoms with Gasteiger partial charge in [0.25, 0.3) is 0 Å². The molecule has 1 aliphatic heterocycles. The van der Waals surface area contributed by atoms with Gasteiger partial charge < -0.3 is 15.1 Å². The van der Waals surface area contributed by atoms with Crippen molar-refractivity contribution in [2.24, 2.45) is 5.92 Å². The molecule has 0 saturated carbocycles. The second kappa shape index (κ2) is 10.3. The van der Waals surface area contributed by atoms with Gasteiger partial charge in [0.15, 0.2) is 0 Å². The molecule has 1 rings (SSSR count). The first-order valence-corrected chi connectivity index (χ1v) is 9.92. The maximum absolute atomic E-state index is 12.0. The van der Waals surface area contributed by atoms with Crippen LogP contribution in [0, 0.1) is 5.92 Å². The van der Waals surface area contributed by atoms with Crippen LogP contribution in [0.5, 0.6) is 0 Å². The molecule has 122 valence electrons. The van der Waals surface area contributed by atoms with E-state index in [1.165, 1.54) is 0 Å². The summed E-state index contributed by atoms with van der Waals surface area (Å²) in [6.07, 6.45) is 1.58. The molecule has 0 aliphatic carbocycles. The predicted molar refractivity (Wildman–Crippen MR) is 91.5 cm³/mol. The van der Waals surface area contributed by atoms with Gasteiger partial charge in [-0.05, 0) is 26.9 Å². The zero-order valence-corrected chi connectivity index (χ0v) is 14.9. The molecule has 1 N–H and O–H groups in total. The van der Waals surface area contributed by atoms with Crippen molar-refractivity contribution in [3.05, 3.63) is 0 Å². The third-order valence-corrected chi connectivity index (χ3v) is 5.89. The summed E-state index contributed by atoms with van der Waals surface area (Å²) in [5, 5.41) is 3.01. The fraction of sp³-hybridized carbons (Fsp3) is 0.857. The number of carbonyl (C=O) groups excluding carboxylic acids is 2. The minimum absolute atomic E-state index is 0.0759. The van der Waals surface area contributed by atoms with E-state index in [2.05, 4.69) is 24.3 Å². The lowest BCUT2D eigenvalue weighted by Crippen LogP contribution is -2.42. The highest BCUT2D eigenvalue weighted by Gasteiger charge is 2.25. The first kappa shape index (κ1) is 18.6. The van der Waals surface area contributed by atoms with E-state index in [1.807, 2.05) is 26.5 Å². The molecule has 1 heterocycles. The van der Waals surface area contributed by atoms with Crippen LogP contribution in [-0.2, 0) is 9.59 Å². The van der Waals surface area contributed by atoms with Crippen LogP contribution in [0.3, 0.4) is 0 Å². The number of nitrogens with zero attached hydrogens (tertiary/aromatic N) is 2. The molecular weight excluding hydrogens is 306 g/mol. The Morgan fingerprint density at radius 3 is 2.38 bits per heavy atom. The average molecular weight is 334 g/mol. The summed E-state index contributed by atoms with van der Waals surface area (Å²) in [5.41, 5.74) is 0. The zero-order valence-electron chi connectivity index (χ0n) is 13.3. The first-order chi connectivity index (χ1) is 10.0. The molecule has 0 aromatic carbocycles. The van der Waals surface area contributed by atoms with Crippen molar-refractivity contribution in [1.29, 1.82) is 0 Å². The van der Waals surface area contributed by atoms with Crippen molar-refractivity contribution in [3.8, 4) is 0 Å². The summed E-state index contributed by atoms with van der Waals surface area (Å²) in [7, 11) is 7.81. The van der Waals surface area contributed by atoms with Crippen LogP contribution >= 0.6 is 21.6 Å². The molecule has 0 radical (unpaired) electrons. The summed E-state index contributed by atoms with van der Waals surface area (Å²) in [6.45, 7) is 4.82. The van der Waals surface area contributed by atoms with Crippen molar-refractivity contribution in [1.82, 2.24) is 15.1 Å². The van der Waals surface area contributed by atoms with Gasteiger partial charge in [0, 0.05) is 50.5 Å². The lowest BCUT2D eigenvalue weighted by atomic mass is 9.96. The highest BCUT2D eigenvalue weighted by atomic mass is 33.1. The maximum atomic E-state index is 12.0. The van der Waals surface area contributed by atoms with Gasteiger partial charge >= 0.3 is 0 Å². The number of piperidine rings is 1. The molecule has 21 heavy (non-hydrogen) atoms. The van der Waals surface area contributed by atoms with E-state index in [0.29, 0.717) is 13.1 Å². The van der Waals surface area contributed by atoms with Crippen molar-refractivity contribution in [3.63, 3.8) is 0 Å². The van der Waals surface area contributed by atoms with Crippen LogP contribution in [0.1, 0.15) is 19.8 Å². The van der Waals surface area contributed by atoms with Gasteiger partial charge in [0.2, 0.25) is 11.8 Å². The molecule has 0 spiro atoms. The quantitative estimate of drug-likeness (QED) is 0.536. The summed E-state index contributed by atoms with van der Waals surface area (Å²) in [5.74, 6) is 2.38. The number of hydrogen-bond donors (Lipinski definition) is 1. The molecule has 0 aromatic heterocycles. The monoisotopic (exact) mass is 333 g/mol. The van der Waals surface area contributed by atoms with Crippen molar-refractivity contribution in [2.45, 2.75) is 19.8 Å².